The van der Waals surface area contributed by atoms with E-state index in [1.165, 1.54) is 10.8 Å². The molecule has 2 aromatic rings. The maximum atomic E-state index is 12.8. The molecule has 2 aliphatic rings. The number of likely N-dealkylation sites (tertiary alicyclic amines) is 1. The van der Waals surface area contributed by atoms with Crippen LogP contribution < -0.4 is 10.1 Å². The van der Waals surface area contributed by atoms with E-state index >= 15 is 0 Å². The number of fused-ring (bicyclic) bond motifs is 1. The van der Waals surface area contributed by atoms with E-state index in [1.807, 2.05) is 6.07 Å². The third kappa shape index (κ3) is 5.28. The molecule has 1 aromatic carbocycles. The Kier molecular flexibility index (Phi) is 6.22. The van der Waals surface area contributed by atoms with Gasteiger partial charge in [-0.15, -0.1) is 0 Å². The Labute approximate surface area is 174 Å². The lowest BCUT2D eigenvalue weighted by atomic mass is 10.1. The first kappa shape index (κ1) is 21.0. The summed E-state index contributed by atoms with van der Waals surface area (Å²) in [5, 5.41) is 3.83. The minimum Gasteiger partial charge on any atom is -0.490 e. The molecule has 2 saturated heterocycles. The van der Waals surface area contributed by atoms with Crippen LogP contribution in [0.4, 0.5) is 13.2 Å². The van der Waals surface area contributed by atoms with Crippen LogP contribution in [-0.4, -0.2) is 53.3 Å². The van der Waals surface area contributed by atoms with Gasteiger partial charge >= 0.3 is 6.18 Å². The molecule has 1 aromatic heterocycles. The molecule has 0 saturated carbocycles. The van der Waals surface area contributed by atoms with Crippen molar-refractivity contribution < 1.29 is 22.7 Å². The molecule has 0 spiro atoms. The van der Waals surface area contributed by atoms with E-state index < -0.39 is 12.7 Å². The molecule has 1 unspecified atom stereocenters. The van der Waals surface area contributed by atoms with Crippen LogP contribution in [0.2, 0.25) is 0 Å². The second kappa shape index (κ2) is 8.88. The molecule has 4 rings (SSSR count). The summed E-state index contributed by atoms with van der Waals surface area (Å²) in [5.41, 5.74) is 0.534. The standard InChI is InChI=1S/C22H28F3N3O2/c23-22(24,25)15-28-13-10-18-19(28)5-3-6-20(18)30-17-8-11-27(12-9-17)14-16-4-1-2-7-21(29)26-16/h3,5-6,10,13,16-17H,1-2,4,7-9,11-12,14-15H2,(H,26,29). The smallest absolute Gasteiger partial charge is 0.406 e. The third-order valence-corrected chi connectivity index (χ3v) is 6.00. The molecule has 1 N–H and O–H groups in total. The van der Waals surface area contributed by atoms with Gasteiger partial charge in [0.25, 0.3) is 0 Å². The van der Waals surface area contributed by atoms with Crippen molar-refractivity contribution in [3.05, 3.63) is 30.5 Å². The van der Waals surface area contributed by atoms with E-state index in [0.717, 1.165) is 51.7 Å². The first-order valence-electron chi connectivity index (χ1n) is 10.7. The molecule has 2 aliphatic heterocycles. The van der Waals surface area contributed by atoms with Crippen LogP contribution >= 0.6 is 0 Å². The van der Waals surface area contributed by atoms with Crippen LogP contribution in [0.3, 0.4) is 0 Å². The normalized spacial score (nSPS) is 22.1. The van der Waals surface area contributed by atoms with Crippen molar-refractivity contribution in [2.24, 2.45) is 0 Å². The monoisotopic (exact) mass is 423 g/mol. The number of nitrogens with one attached hydrogen (secondary N) is 1. The fourth-order valence-electron chi connectivity index (χ4n) is 4.52. The van der Waals surface area contributed by atoms with Crippen LogP contribution in [-0.2, 0) is 11.3 Å². The highest BCUT2D eigenvalue weighted by molar-refractivity contribution is 5.86. The van der Waals surface area contributed by atoms with E-state index in [1.54, 1.807) is 18.2 Å². The Hall–Kier alpha value is -2.22. The highest BCUT2D eigenvalue weighted by atomic mass is 19.4. The number of amides is 1. The molecule has 8 heteroatoms. The number of ether oxygens (including phenoxy) is 1. The van der Waals surface area contributed by atoms with Crippen molar-refractivity contribution in [1.82, 2.24) is 14.8 Å². The lowest BCUT2D eigenvalue weighted by Crippen LogP contribution is -2.46. The number of nitrogens with zero attached hydrogens (tertiary/aromatic N) is 2. The van der Waals surface area contributed by atoms with Crippen LogP contribution in [0, 0.1) is 0 Å². The Morgan fingerprint density at radius 3 is 2.67 bits per heavy atom. The molecule has 30 heavy (non-hydrogen) atoms. The summed E-state index contributed by atoms with van der Waals surface area (Å²) in [6.07, 6.45) is 2.68. The SMILES string of the molecule is O=C1CCCCC(CN2CCC(Oc3cccc4c3ccn4CC(F)(F)F)CC2)N1. The maximum Gasteiger partial charge on any atom is 0.406 e. The minimum atomic E-state index is -4.26. The Morgan fingerprint density at radius 1 is 1.10 bits per heavy atom. The number of rotatable bonds is 5. The molecule has 2 fully saturated rings. The van der Waals surface area contributed by atoms with Crippen LogP contribution in [0.15, 0.2) is 30.5 Å². The highest BCUT2D eigenvalue weighted by Crippen LogP contribution is 2.31. The lowest BCUT2D eigenvalue weighted by Gasteiger charge is -2.34. The number of hydrogen-bond acceptors (Lipinski definition) is 3. The fraction of sp³-hybridized carbons (Fsp3) is 0.591. The molecule has 0 bridgehead atoms. The molecule has 0 aliphatic carbocycles. The molecule has 0 radical (unpaired) electrons. The van der Waals surface area contributed by atoms with Crippen molar-refractivity contribution in [2.45, 2.75) is 63.4 Å². The van der Waals surface area contributed by atoms with E-state index in [2.05, 4.69) is 10.2 Å². The van der Waals surface area contributed by atoms with Gasteiger partial charge in [-0.05, 0) is 43.9 Å². The third-order valence-electron chi connectivity index (χ3n) is 6.00. The molecule has 5 nitrogen and oxygen atoms in total. The predicted octanol–water partition coefficient (Wildman–Crippen LogP) is 4.11. The number of halogens is 3. The van der Waals surface area contributed by atoms with Gasteiger partial charge in [-0.1, -0.05) is 12.5 Å². The molecule has 164 valence electrons. The first-order chi connectivity index (χ1) is 14.4. The van der Waals surface area contributed by atoms with Gasteiger partial charge in [-0.25, -0.2) is 0 Å². The zero-order chi connectivity index (χ0) is 21.1. The number of benzene rings is 1. The van der Waals surface area contributed by atoms with Gasteiger partial charge in [-0.2, -0.15) is 13.2 Å². The summed E-state index contributed by atoms with van der Waals surface area (Å²) < 4.78 is 45.8. The van der Waals surface area contributed by atoms with Gasteiger partial charge < -0.3 is 19.5 Å². The lowest BCUT2D eigenvalue weighted by molar-refractivity contribution is -0.139. The van der Waals surface area contributed by atoms with E-state index in [0.29, 0.717) is 23.1 Å². The van der Waals surface area contributed by atoms with E-state index in [4.69, 9.17) is 4.74 Å². The van der Waals surface area contributed by atoms with Gasteiger partial charge in [0.15, 0.2) is 0 Å². The van der Waals surface area contributed by atoms with Crippen LogP contribution in [0.25, 0.3) is 10.9 Å². The summed E-state index contributed by atoms with van der Waals surface area (Å²) >= 11 is 0. The fourth-order valence-corrected chi connectivity index (χ4v) is 4.52. The van der Waals surface area contributed by atoms with Crippen LogP contribution in [0.1, 0.15) is 38.5 Å². The van der Waals surface area contributed by atoms with Crippen molar-refractivity contribution >= 4 is 16.8 Å². The number of carbonyl (C=O) groups is 1. The minimum absolute atomic E-state index is 0.0431. The van der Waals surface area contributed by atoms with Crippen molar-refractivity contribution in [2.75, 3.05) is 19.6 Å². The topological polar surface area (TPSA) is 46.5 Å². The molecule has 3 heterocycles. The average molecular weight is 423 g/mol. The number of piperidine rings is 1. The maximum absolute atomic E-state index is 12.8. The Bertz CT molecular complexity index is 872. The largest absolute Gasteiger partial charge is 0.490 e. The number of aromatic nitrogens is 1. The molecule has 1 amide bonds. The van der Waals surface area contributed by atoms with Gasteiger partial charge in [0.2, 0.25) is 5.91 Å². The summed E-state index contributed by atoms with van der Waals surface area (Å²) in [5.74, 6) is 0.796. The zero-order valence-electron chi connectivity index (χ0n) is 17.0. The Balaban J connectivity index is 1.34. The zero-order valence-corrected chi connectivity index (χ0v) is 17.0. The number of carbonyl (C=O) groups excluding carboxylic acids is 1. The summed E-state index contributed by atoms with van der Waals surface area (Å²) in [6.45, 7) is 1.65. The second-order valence-electron chi connectivity index (χ2n) is 8.38. The molecule has 1 atom stereocenters. The Morgan fingerprint density at radius 2 is 1.90 bits per heavy atom. The summed E-state index contributed by atoms with van der Waals surface area (Å²) in [4.78, 5) is 14.1. The van der Waals surface area contributed by atoms with Crippen molar-refractivity contribution in [1.29, 1.82) is 0 Å². The molecular weight excluding hydrogens is 395 g/mol. The van der Waals surface area contributed by atoms with Crippen LogP contribution in [0.5, 0.6) is 5.75 Å². The van der Waals surface area contributed by atoms with Gasteiger partial charge in [-0.3, -0.25) is 4.79 Å². The highest BCUT2D eigenvalue weighted by Gasteiger charge is 2.29. The average Bonchev–Trinajstić information content (AvgIpc) is 2.97. The number of hydrogen-bond donors (Lipinski definition) is 1. The van der Waals surface area contributed by atoms with Crippen molar-refractivity contribution in [3.63, 3.8) is 0 Å². The van der Waals surface area contributed by atoms with Gasteiger partial charge in [0.05, 0.1) is 5.52 Å². The van der Waals surface area contributed by atoms with E-state index in [9.17, 15) is 18.0 Å². The van der Waals surface area contributed by atoms with Gasteiger partial charge in [0, 0.05) is 43.7 Å². The molecular formula is C22H28F3N3O2. The quantitative estimate of drug-likeness (QED) is 0.788. The summed E-state index contributed by atoms with van der Waals surface area (Å²) in [7, 11) is 0. The van der Waals surface area contributed by atoms with Crippen molar-refractivity contribution in [3.8, 4) is 5.75 Å². The summed E-state index contributed by atoms with van der Waals surface area (Å²) in [6, 6.07) is 7.18. The number of alkyl halides is 3. The second-order valence-corrected chi connectivity index (χ2v) is 8.38. The van der Waals surface area contributed by atoms with E-state index in [-0.39, 0.29) is 18.1 Å². The van der Waals surface area contributed by atoms with Gasteiger partial charge in [0.1, 0.15) is 18.4 Å². The first-order valence-corrected chi connectivity index (χ1v) is 10.7. The predicted molar refractivity (Wildman–Crippen MR) is 108 cm³/mol.